The van der Waals surface area contributed by atoms with E-state index >= 15 is 0 Å². The second kappa shape index (κ2) is 11.0. The lowest BCUT2D eigenvalue weighted by molar-refractivity contribution is 0.0169. The first-order chi connectivity index (χ1) is 14.2. The molecule has 1 aliphatic rings. The van der Waals surface area contributed by atoms with E-state index in [1.54, 1.807) is 32.6 Å². The second-order valence-electron chi connectivity index (χ2n) is 6.66. The highest BCUT2D eigenvalue weighted by Gasteiger charge is 2.24. The van der Waals surface area contributed by atoms with Crippen molar-refractivity contribution in [3.05, 3.63) is 46.2 Å². The van der Waals surface area contributed by atoms with Crippen LogP contribution in [0.4, 0.5) is 0 Å². The number of hydrogen-bond donors (Lipinski definition) is 2. The zero-order valence-electron chi connectivity index (χ0n) is 17.3. The van der Waals surface area contributed by atoms with Crippen LogP contribution >= 0.6 is 11.3 Å². The van der Waals surface area contributed by atoms with E-state index in [0.717, 1.165) is 56.9 Å². The highest BCUT2D eigenvalue weighted by Crippen LogP contribution is 2.32. The Morgan fingerprint density at radius 3 is 2.62 bits per heavy atom. The van der Waals surface area contributed by atoms with E-state index in [9.17, 15) is 0 Å². The van der Waals surface area contributed by atoms with Gasteiger partial charge in [0.2, 0.25) is 0 Å². The predicted octanol–water partition coefficient (Wildman–Crippen LogP) is 2.50. The average Bonchev–Trinajstić information content (AvgIpc) is 3.30. The van der Waals surface area contributed by atoms with Crippen LogP contribution in [0.3, 0.4) is 0 Å². The molecule has 1 fully saturated rings. The molecule has 7 nitrogen and oxygen atoms in total. The Labute approximate surface area is 176 Å². The summed E-state index contributed by atoms with van der Waals surface area (Å²) in [7, 11) is 5.12. The molecule has 1 aromatic carbocycles. The zero-order valence-corrected chi connectivity index (χ0v) is 18.1. The van der Waals surface area contributed by atoms with Crippen molar-refractivity contribution in [3.63, 3.8) is 0 Å². The van der Waals surface area contributed by atoms with Crippen molar-refractivity contribution in [3.8, 4) is 11.5 Å². The van der Waals surface area contributed by atoms with Crippen molar-refractivity contribution in [2.45, 2.75) is 12.6 Å². The molecule has 2 heterocycles. The molecule has 0 bridgehead atoms. The summed E-state index contributed by atoms with van der Waals surface area (Å²) in [5, 5.41) is 8.95. The topological polar surface area (TPSA) is 67.4 Å². The van der Waals surface area contributed by atoms with Gasteiger partial charge in [0.05, 0.1) is 40.0 Å². The van der Waals surface area contributed by atoms with Crippen LogP contribution < -0.4 is 20.1 Å². The quantitative estimate of drug-likeness (QED) is 0.507. The molecule has 8 heteroatoms. The van der Waals surface area contributed by atoms with Crippen LogP contribution in [0.25, 0.3) is 0 Å². The second-order valence-corrected chi connectivity index (χ2v) is 7.70. The maximum absolute atomic E-state index is 5.55. The first-order valence-electron chi connectivity index (χ1n) is 9.75. The minimum absolute atomic E-state index is 0.166. The maximum atomic E-state index is 5.55. The monoisotopic (exact) mass is 418 g/mol. The normalized spacial score (nSPS) is 16.3. The number of hydrogen-bond acceptors (Lipinski definition) is 6. The van der Waals surface area contributed by atoms with E-state index in [2.05, 4.69) is 50.2 Å². The third-order valence-electron chi connectivity index (χ3n) is 4.98. The highest BCUT2D eigenvalue weighted by atomic mass is 32.1. The molecule has 0 radical (unpaired) electrons. The van der Waals surface area contributed by atoms with Gasteiger partial charge in [-0.1, -0.05) is 12.1 Å². The molecular formula is C21H30N4O3S. The number of morpholine rings is 1. The first kappa shape index (κ1) is 21.4. The summed E-state index contributed by atoms with van der Waals surface area (Å²) in [6.45, 7) is 4.75. The molecule has 158 valence electrons. The lowest BCUT2D eigenvalue weighted by Crippen LogP contribution is -2.46. The van der Waals surface area contributed by atoms with Crippen LogP contribution in [-0.2, 0) is 11.3 Å². The zero-order chi connectivity index (χ0) is 20.5. The van der Waals surface area contributed by atoms with E-state index in [4.69, 9.17) is 14.2 Å². The van der Waals surface area contributed by atoms with Crippen molar-refractivity contribution in [1.82, 2.24) is 15.5 Å². The molecule has 29 heavy (non-hydrogen) atoms. The number of ether oxygens (including phenoxy) is 3. The van der Waals surface area contributed by atoms with Crippen molar-refractivity contribution < 1.29 is 14.2 Å². The van der Waals surface area contributed by atoms with Crippen molar-refractivity contribution in [2.24, 2.45) is 4.99 Å². The molecule has 2 aromatic rings. The fourth-order valence-corrected chi connectivity index (χ4v) is 4.05. The Morgan fingerprint density at radius 1 is 1.17 bits per heavy atom. The molecule has 1 aliphatic heterocycles. The van der Waals surface area contributed by atoms with Crippen molar-refractivity contribution in [1.29, 1.82) is 0 Å². The van der Waals surface area contributed by atoms with Gasteiger partial charge in [-0.05, 0) is 29.1 Å². The van der Waals surface area contributed by atoms with E-state index in [1.807, 2.05) is 6.07 Å². The SMILES string of the molecule is CN=C(NCc1cccs1)NCC(c1ccc(OC)c(OC)c1)N1CCOCC1. The predicted molar refractivity (Wildman–Crippen MR) is 117 cm³/mol. The molecule has 1 unspecified atom stereocenters. The molecule has 3 rings (SSSR count). The number of aliphatic imine (C=N–C) groups is 1. The van der Waals surface area contributed by atoms with Gasteiger partial charge in [0, 0.05) is 31.6 Å². The van der Waals surface area contributed by atoms with Gasteiger partial charge in [0.15, 0.2) is 17.5 Å². The lowest BCUT2D eigenvalue weighted by atomic mass is 10.0. The molecule has 0 saturated carbocycles. The van der Waals surface area contributed by atoms with Gasteiger partial charge in [-0.2, -0.15) is 0 Å². The summed E-state index contributed by atoms with van der Waals surface area (Å²) in [5.41, 5.74) is 1.17. The summed E-state index contributed by atoms with van der Waals surface area (Å²) in [4.78, 5) is 8.08. The molecule has 0 aliphatic carbocycles. The van der Waals surface area contributed by atoms with E-state index in [1.165, 1.54) is 10.4 Å². The molecule has 1 atom stereocenters. The van der Waals surface area contributed by atoms with Crippen LogP contribution in [0, 0.1) is 0 Å². The number of benzene rings is 1. The van der Waals surface area contributed by atoms with Crippen molar-refractivity contribution >= 4 is 17.3 Å². The van der Waals surface area contributed by atoms with Crippen LogP contribution in [0.2, 0.25) is 0 Å². The number of rotatable bonds is 8. The third-order valence-corrected chi connectivity index (χ3v) is 5.85. The average molecular weight is 419 g/mol. The molecule has 0 spiro atoms. The third kappa shape index (κ3) is 5.85. The van der Waals surface area contributed by atoms with Crippen molar-refractivity contribution in [2.75, 3.05) is 54.1 Å². The van der Waals surface area contributed by atoms with Crippen LogP contribution in [-0.4, -0.2) is 65.0 Å². The summed E-state index contributed by atoms with van der Waals surface area (Å²) >= 11 is 1.73. The smallest absolute Gasteiger partial charge is 0.191 e. The van der Waals surface area contributed by atoms with Gasteiger partial charge < -0.3 is 24.8 Å². The fraction of sp³-hybridized carbons (Fsp3) is 0.476. The van der Waals surface area contributed by atoms with Gasteiger partial charge in [-0.25, -0.2) is 0 Å². The molecule has 0 amide bonds. The molecule has 1 saturated heterocycles. The molecule has 2 N–H and O–H groups in total. The standard InChI is InChI=1S/C21H30N4O3S/c1-22-21(23-14-17-5-4-12-29-17)24-15-18(25-8-10-28-11-9-25)16-6-7-19(26-2)20(13-16)27-3/h4-7,12-13,18H,8-11,14-15H2,1-3H3,(H2,22,23,24). The fourth-order valence-electron chi connectivity index (χ4n) is 3.40. The number of methoxy groups -OCH3 is 2. The Hall–Kier alpha value is -2.29. The minimum Gasteiger partial charge on any atom is -0.493 e. The summed E-state index contributed by atoms with van der Waals surface area (Å²) in [6, 6.07) is 10.5. The Balaban J connectivity index is 1.71. The van der Waals surface area contributed by atoms with E-state index < -0.39 is 0 Å². The Bertz CT molecular complexity index is 776. The lowest BCUT2D eigenvalue weighted by Gasteiger charge is -2.35. The van der Waals surface area contributed by atoms with E-state index in [0.29, 0.717) is 0 Å². The van der Waals surface area contributed by atoms with E-state index in [-0.39, 0.29) is 6.04 Å². The van der Waals surface area contributed by atoms with Crippen LogP contribution in [0.1, 0.15) is 16.5 Å². The van der Waals surface area contributed by atoms with Gasteiger partial charge in [0.1, 0.15) is 0 Å². The summed E-state index contributed by atoms with van der Waals surface area (Å²) in [5.74, 6) is 2.26. The number of nitrogens with one attached hydrogen (secondary N) is 2. The number of nitrogens with zero attached hydrogens (tertiary/aromatic N) is 2. The Morgan fingerprint density at radius 2 is 1.97 bits per heavy atom. The number of guanidine groups is 1. The molecular weight excluding hydrogens is 388 g/mol. The number of thiophene rings is 1. The summed E-state index contributed by atoms with van der Waals surface area (Å²) < 4.78 is 16.5. The van der Waals surface area contributed by atoms with Gasteiger partial charge in [0.25, 0.3) is 0 Å². The first-order valence-corrected chi connectivity index (χ1v) is 10.6. The minimum atomic E-state index is 0.166. The largest absolute Gasteiger partial charge is 0.493 e. The summed E-state index contributed by atoms with van der Waals surface area (Å²) in [6.07, 6.45) is 0. The van der Waals surface area contributed by atoms with Crippen LogP contribution in [0.5, 0.6) is 11.5 Å². The maximum Gasteiger partial charge on any atom is 0.191 e. The highest BCUT2D eigenvalue weighted by molar-refractivity contribution is 7.09. The molecule has 1 aromatic heterocycles. The van der Waals surface area contributed by atoms with Gasteiger partial charge >= 0.3 is 0 Å². The van der Waals surface area contributed by atoms with Gasteiger partial charge in [-0.3, -0.25) is 9.89 Å². The Kier molecular flexibility index (Phi) is 8.15. The van der Waals surface area contributed by atoms with Gasteiger partial charge in [-0.15, -0.1) is 11.3 Å². The van der Waals surface area contributed by atoms with Crippen LogP contribution in [0.15, 0.2) is 40.7 Å².